The van der Waals surface area contributed by atoms with Gasteiger partial charge in [0.05, 0.1) is 12.6 Å². The van der Waals surface area contributed by atoms with Crippen molar-refractivity contribution in [2.45, 2.75) is 19.6 Å². The molecule has 0 fully saturated rings. The molecule has 18 heavy (non-hydrogen) atoms. The molecule has 6 nitrogen and oxygen atoms in total. The zero-order valence-electron chi connectivity index (χ0n) is 9.85. The van der Waals surface area contributed by atoms with Gasteiger partial charge in [0.25, 0.3) is 0 Å². The maximum absolute atomic E-state index is 10.6. The molecular weight excluding hydrogens is 234 g/mol. The van der Waals surface area contributed by atoms with E-state index in [0.717, 1.165) is 5.56 Å². The van der Waals surface area contributed by atoms with E-state index < -0.39 is 11.0 Å². The Balaban J connectivity index is 2.17. The fourth-order valence-corrected chi connectivity index (χ4v) is 1.73. The number of aryl methyl sites for hydroxylation is 1. The first-order valence-corrected chi connectivity index (χ1v) is 5.49. The molecule has 1 atom stereocenters. The van der Waals surface area contributed by atoms with E-state index in [1.165, 1.54) is 6.20 Å². The second-order valence-electron chi connectivity index (χ2n) is 3.98. The predicted octanol–water partition coefficient (Wildman–Crippen LogP) is 1.83. The number of imidazole rings is 1. The highest BCUT2D eigenvalue weighted by molar-refractivity contribution is 5.19. The summed E-state index contributed by atoms with van der Waals surface area (Å²) in [6.07, 6.45) is 0.625. The number of aromatic nitrogens is 2. The molecule has 0 aliphatic carbocycles. The number of benzene rings is 1. The van der Waals surface area contributed by atoms with Crippen molar-refractivity contribution >= 4 is 5.82 Å². The second kappa shape index (κ2) is 4.97. The molecule has 1 aromatic carbocycles. The maximum Gasteiger partial charge on any atom is 0.381 e. The highest BCUT2D eigenvalue weighted by Crippen LogP contribution is 2.17. The molecule has 0 saturated carbocycles. The van der Waals surface area contributed by atoms with Gasteiger partial charge in [-0.1, -0.05) is 30.3 Å². The molecule has 2 aromatic rings. The Morgan fingerprint density at radius 1 is 1.44 bits per heavy atom. The molecule has 0 radical (unpaired) electrons. The first-order chi connectivity index (χ1) is 8.58. The summed E-state index contributed by atoms with van der Waals surface area (Å²) >= 11 is 0. The van der Waals surface area contributed by atoms with Crippen LogP contribution in [0, 0.1) is 17.0 Å². The van der Waals surface area contributed by atoms with Gasteiger partial charge in [-0.3, -0.25) is 0 Å². The van der Waals surface area contributed by atoms with Crippen molar-refractivity contribution in [1.29, 1.82) is 0 Å². The molecule has 94 valence electrons. The predicted molar refractivity (Wildman–Crippen MR) is 65.0 cm³/mol. The number of hydrogen-bond donors (Lipinski definition) is 1. The Bertz CT molecular complexity index is 551. The van der Waals surface area contributed by atoms with Crippen molar-refractivity contribution in [3.8, 4) is 0 Å². The molecule has 0 aliphatic heterocycles. The standard InChI is InChI=1S/C12H13N3O3/c1-9-13-12(15(17)18)8-14(9)7-11(16)10-5-3-2-4-6-10/h2-6,8,11,16H,7H2,1H3/t11-/m0/s1. The zero-order chi connectivity index (χ0) is 13.1. The number of nitro groups is 1. The van der Waals surface area contributed by atoms with Gasteiger partial charge in [-0.25, -0.2) is 0 Å². The Hall–Kier alpha value is -2.21. The van der Waals surface area contributed by atoms with Gasteiger partial charge < -0.3 is 19.8 Å². The summed E-state index contributed by atoms with van der Waals surface area (Å²) in [6.45, 7) is 1.92. The Labute approximate surface area is 104 Å². The lowest BCUT2D eigenvalue weighted by molar-refractivity contribution is -0.389. The van der Waals surface area contributed by atoms with Gasteiger partial charge in [-0.2, -0.15) is 0 Å². The molecule has 0 aliphatic rings. The smallest absolute Gasteiger partial charge is 0.381 e. The summed E-state index contributed by atoms with van der Waals surface area (Å²) < 4.78 is 1.58. The number of rotatable bonds is 4. The number of aliphatic hydroxyl groups is 1. The van der Waals surface area contributed by atoms with Crippen molar-refractivity contribution < 1.29 is 10.0 Å². The van der Waals surface area contributed by atoms with E-state index in [-0.39, 0.29) is 12.4 Å². The van der Waals surface area contributed by atoms with Crippen LogP contribution in [0.1, 0.15) is 17.5 Å². The largest absolute Gasteiger partial charge is 0.387 e. The highest BCUT2D eigenvalue weighted by atomic mass is 16.6. The third-order valence-electron chi connectivity index (χ3n) is 2.70. The number of hydrogen-bond acceptors (Lipinski definition) is 4. The minimum absolute atomic E-state index is 0.201. The molecule has 0 spiro atoms. The van der Waals surface area contributed by atoms with Crippen LogP contribution in [-0.4, -0.2) is 19.6 Å². The summed E-state index contributed by atoms with van der Waals surface area (Å²) in [6, 6.07) is 9.16. The van der Waals surface area contributed by atoms with E-state index in [9.17, 15) is 15.2 Å². The van der Waals surface area contributed by atoms with E-state index in [2.05, 4.69) is 4.98 Å². The third kappa shape index (κ3) is 2.54. The number of aliphatic hydroxyl groups excluding tert-OH is 1. The van der Waals surface area contributed by atoms with Gasteiger partial charge in [-0.05, 0) is 15.5 Å². The molecule has 0 amide bonds. The SMILES string of the molecule is Cc1nc([N+](=O)[O-])cn1C[C@H](O)c1ccccc1. The summed E-state index contributed by atoms with van der Waals surface area (Å²) in [5, 5.41) is 20.6. The van der Waals surface area contributed by atoms with Crippen LogP contribution >= 0.6 is 0 Å². The van der Waals surface area contributed by atoms with E-state index in [0.29, 0.717) is 5.82 Å². The molecule has 0 bridgehead atoms. The van der Waals surface area contributed by atoms with Crippen LogP contribution in [0.25, 0.3) is 0 Å². The average Bonchev–Trinajstić information content (AvgIpc) is 2.72. The Morgan fingerprint density at radius 3 is 2.67 bits per heavy atom. The van der Waals surface area contributed by atoms with Crippen LogP contribution in [0.5, 0.6) is 0 Å². The molecule has 1 heterocycles. The van der Waals surface area contributed by atoms with Crippen molar-refractivity contribution in [3.05, 3.63) is 58.0 Å². The van der Waals surface area contributed by atoms with Crippen LogP contribution in [-0.2, 0) is 6.54 Å². The van der Waals surface area contributed by atoms with E-state index >= 15 is 0 Å². The van der Waals surface area contributed by atoms with Crippen molar-refractivity contribution in [2.75, 3.05) is 0 Å². The molecule has 0 saturated heterocycles. The maximum atomic E-state index is 10.6. The topological polar surface area (TPSA) is 81.2 Å². The molecule has 6 heteroatoms. The van der Waals surface area contributed by atoms with E-state index in [1.54, 1.807) is 11.5 Å². The normalized spacial score (nSPS) is 12.3. The van der Waals surface area contributed by atoms with Crippen LogP contribution < -0.4 is 0 Å². The summed E-state index contributed by atoms with van der Waals surface area (Å²) in [5.41, 5.74) is 0.772. The molecular formula is C12H13N3O3. The fourth-order valence-electron chi connectivity index (χ4n) is 1.73. The van der Waals surface area contributed by atoms with Gasteiger partial charge in [0.2, 0.25) is 5.82 Å². The quantitative estimate of drug-likeness (QED) is 0.660. The van der Waals surface area contributed by atoms with Gasteiger partial charge in [0, 0.05) is 6.92 Å². The van der Waals surface area contributed by atoms with Gasteiger partial charge in [-0.15, -0.1) is 0 Å². The Kier molecular flexibility index (Phi) is 3.38. The van der Waals surface area contributed by atoms with E-state index in [4.69, 9.17) is 0 Å². The monoisotopic (exact) mass is 247 g/mol. The van der Waals surface area contributed by atoms with Crippen molar-refractivity contribution in [1.82, 2.24) is 9.55 Å². The second-order valence-corrected chi connectivity index (χ2v) is 3.98. The lowest BCUT2D eigenvalue weighted by Crippen LogP contribution is -2.09. The summed E-state index contributed by atoms with van der Waals surface area (Å²) in [5.74, 6) is 0.310. The molecule has 1 aromatic heterocycles. The van der Waals surface area contributed by atoms with Crippen molar-refractivity contribution in [3.63, 3.8) is 0 Å². The summed E-state index contributed by atoms with van der Waals surface area (Å²) in [7, 11) is 0. The van der Waals surface area contributed by atoms with Crippen LogP contribution in [0.2, 0.25) is 0 Å². The minimum atomic E-state index is -0.710. The number of nitrogens with zero attached hydrogens (tertiary/aromatic N) is 3. The molecule has 1 N–H and O–H groups in total. The third-order valence-corrected chi connectivity index (χ3v) is 2.70. The van der Waals surface area contributed by atoms with Gasteiger partial charge in [0.1, 0.15) is 6.20 Å². The minimum Gasteiger partial charge on any atom is -0.387 e. The molecule has 2 rings (SSSR count). The first kappa shape index (κ1) is 12.3. The van der Waals surface area contributed by atoms with Gasteiger partial charge in [0.15, 0.2) is 0 Å². The van der Waals surface area contributed by atoms with Crippen molar-refractivity contribution in [2.24, 2.45) is 0 Å². The van der Waals surface area contributed by atoms with Crippen LogP contribution in [0.15, 0.2) is 36.5 Å². The highest BCUT2D eigenvalue weighted by Gasteiger charge is 2.17. The van der Waals surface area contributed by atoms with Crippen LogP contribution in [0.4, 0.5) is 5.82 Å². The van der Waals surface area contributed by atoms with E-state index in [1.807, 2.05) is 30.3 Å². The average molecular weight is 247 g/mol. The lowest BCUT2D eigenvalue weighted by Gasteiger charge is -2.11. The zero-order valence-corrected chi connectivity index (χ0v) is 9.85. The Morgan fingerprint density at radius 2 is 2.11 bits per heavy atom. The first-order valence-electron chi connectivity index (χ1n) is 5.49. The lowest BCUT2D eigenvalue weighted by atomic mass is 10.1. The fraction of sp³-hybridized carbons (Fsp3) is 0.250. The molecule has 0 unspecified atom stereocenters. The van der Waals surface area contributed by atoms with Crippen LogP contribution in [0.3, 0.4) is 0 Å². The van der Waals surface area contributed by atoms with Gasteiger partial charge >= 0.3 is 5.82 Å². The summed E-state index contributed by atoms with van der Waals surface area (Å²) in [4.78, 5) is 13.9.